The summed E-state index contributed by atoms with van der Waals surface area (Å²) in [6.07, 6.45) is 2.70. The highest BCUT2D eigenvalue weighted by atomic mass is 16.5. The molecule has 0 bridgehead atoms. The Morgan fingerprint density at radius 3 is 2.71 bits per heavy atom. The van der Waals surface area contributed by atoms with Crippen molar-refractivity contribution in [2.75, 3.05) is 29.9 Å². The fourth-order valence-corrected chi connectivity index (χ4v) is 2.43. The Morgan fingerprint density at radius 1 is 1.24 bits per heavy atom. The van der Waals surface area contributed by atoms with E-state index in [0.29, 0.717) is 6.61 Å². The molecule has 1 aliphatic rings. The van der Waals surface area contributed by atoms with Crippen molar-refractivity contribution in [3.63, 3.8) is 0 Å². The zero-order chi connectivity index (χ0) is 15.1. The van der Waals surface area contributed by atoms with Crippen molar-refractivity contribution in [1.29, 1.82) is 0 Å². The standard InChI is InChI=1S/C16H22N2O3/c1-2-21-16(20)9-8-15(19)17-13-6-5-7-14(12-13)18-10-3-4-11-18/h5-7,12H,2-4,8-11H2,1H3,(H,17,19). The lowest BCUT2D eigenvalue weighted by atomic mass is 10.2. The number of carbonyl (C=O) groups is 2. The van der Waals surface area contributed by atoms with Crippen LogP contribution in [0.3, 0.4) is 0 Å². The molecule has 0 atom stereocenters. The molecule has 5 nitrogen and oxygen atoms in total. The van der Waals surface area contributed by atoms with E-state index < -0.39 is 0 Å². The largest absolute Gasteiger partial charge is 0.466 e. The highest BCUT2D eigenvalue weighted by Gasteiger charge is 2.13. The van der Waals surface area contributed by atoms with Gasteiger partial charge in [0.1, 0.15) is 0 Å². The zero-order valence-corrected chi connectivity index (χ0v) is 12.4. The molecule has 1 fully saturated rings. The molecule has 1 aliphatic heterocycles. The molecule has 0 aliphatic carbocycles. The molecule has 1 heterocycles. The van der Waals surface area contributed by atoms with Crippen molar-refractivity contribution in [3.05, 3.63) is 24.3 Å². The second-order valence-corrected chi connectivity index (χ2v) is 5.10. The summed E-state index contributed by atoms with van der Waals surface area (Å²) in [6.45, 7) is 4.24. The van der Waals surface area contributed by atoms with Crippen molar-refractivity contribution in [2.24, 2.45) is 0 Å². The van der Waals surface area contributed by atoms with E-state index in [-0.39, 0.29) is 24.7 Å². The first kappa shape index (κ1) is 15.4. The van der Waals surface area contributed by atoms with Crippen LogP contribution in [0.2, 0.25) is 0 Å². The number of nitrogens with one attached hydrogen (secondary N) is 1. The van der Waals surface area contributed by atoms with Crippen LogP contribution in [0.25, 0.3) is 0 Å². The minimum Gasteiger partial charge on any atom is -0.466 e. The van der Waals surface area contributed by atoms with Crippen LogP contribution in [0.1, 0.15) is 32.6 Å². The van der Waals surface area contributed by atoms with E-state index >= 15 is 0 Å². The lowest BCUT2D eigenvalue weighted by molar-refractivity contribution is -0.144. The SMILES string of the molecule is CCOC(=O)CCC(=O)Nc1cccc(N2CCCC2)c1. The minimum atomic E-state index is -0.335. The third-order valence-corrected chi connectivity index (χ3v) is 3.46. The first-order valence-corrected chi connectivity index (χ1v) is 7.49. The number of hydrogen-bond donors (Lipinski definition) is 1. The number of amides is 1. The first-order valence-electron chi connectivity index (χ1n) is 7.49. The maximum absolute atomic E-state index is 11.8. The smallest absolute Gasteiger partial charge is 0.306 e. The number of hydrogen-bond acceptors (Lipinski definition) is 4. The molecule has 1 aromatic carbocycles. The van der Waals surface area contributed by atoms with Gasteiger partial charge in [-0.25, -0.2) is 0 Å². The summed E-state index contributed by atoms with van der Waals surface area (Å²) in [6, 6.07) is 7.84. The summed E-state index contributed by atoms with van der Waals surface area (Å²) in [4.78, 5) is 25.4. The van der Waals surface area contributed by atoms with E-state index in [0.717, 1.165) is 24.5 Å². The van der Waals surface area contributed by atoms with Crippen molar-refractivity contribution >= 4 is 23.3 Å². The third kappa shape index (κ3) is 4.77. The number of ether oxygens (including phenoxy) is 1. The minimum absolute atomic E-state index is 0.117. The summed E-state index contributed by atoms with van der Waals surface area (Å²) in [5.41, 5.74) is 1.91. The highest BCUT2D eigenvalue weighted by molar-refractivity contribution is 5.93. The molecule has 5 heteroatoms. The van der Waals surface area contributed by atoms with E-state index in [1.807, 2.05) is 18.2 Å². The van der Waals surface area contributed by atoms with Crippen LogP contribution in [-0.2, 0) is 14.3 Å². The third-order valence-electron chi connectivity index (χ3n) is 3.46. The molecule has 0 aromatic heterocycles. The van der Waals surface area contributed by atoms with Gasteiger partial charge in [-0.1, -0.05) is 6.07 Å². The summed E-state index contributed by atoms with van der Waals surface area (Å²) in [7, 11) is 0. The predicted molar refractivity (Wildman–Crippen MR) is 82.4 cm³/mol. The summed E-state index contributed by atoms with van der Waals surface area (Å²) < 4.78 is 4.80. The molecule has 1 saturated heterocycles. The predicted octanol–water partition coefficient (Wildman–Crippen LogP) is 2.57. The second kappa shape index (κ2) is 7.67. The van der Waals surface area contributed by atoms with Crippen LogP contribution in [0.4, 0.5) is 11.4 Å². The highest BCUT2D eigenvalue weighted by Crippen LogP contribution is 2.23. The van der Waals surface area contributed by atoms with E-state index in [1.54, 1.807) is 6.92 Å². The van der Waals surface area contributed by atoms with Gasteiger partial charge >= 0.3 is 5.97 Å². The number of rotatable bonds is 6. The normalized spacial score (nSPS) is 14.0. The Kier molecular flexibility index (Phi) is 5.60. The number of carbonyl (C=O) groups excluding carboxylic acids is 2. The van der Waals surface area contributed by atoms with E-state index in [9.17, 15) is 9.59 Å². The van der Waals surface area contributed by atoms with E-state index in [2.05, 4.69) is 16.3 Å². The molecule has 1 aromatic rings. The van der Waals surface area contributed by atoms with Crippen molar-refractivity contribution in [3.8, 4) is 0 Å². The van der Waals surface area contributed by atoms with Gasteiger partial charge in [-0.05, 0) is 38.0 Å². The van der Waals surface area contributed by atoms with Gasteiger partial charge in [0.05, 0.1) is 13.0 Å². The van der Waals surface area contributed by atoms with Gasteiger partial charge in [0.2, 0.25) is 5.91 Å². The number of benzene rings is 1. The average molecular weight is 290 g/mol. The molecule has 1 amide bonds. The summed E-state index contributed by atoms with van der Waals surface area (Å²) in [5, 5.41) is 2.83. The number of esters is 1. The van der Waals surface area contributed by atoms with Gasteiger partial charge < -0.3 is 15.0 Å². The maximum Gasteiger partial charge on any atom is 0.306 e. The van der Waals surface area contributed by atoms with Gasteiger partial charge in [0.25, 0.3) is 0 Å². The van der Waals surface area contributed by atoms with Gasteiger partial charge in [-0.15, -0.1) is 0 Å². The molecule has 114 valence electrons. The fraction of sp³-hybridized carbons (Fsp3) is 0.500. The first-order chi connectivity index (χ1) is 10.2. The van der Waals surface area contributed by atoms with Crippen LogP contribution in [0.15, 0.2) is 24.3 Å². The van der Waals surface area contributed by atoms with Gasteiger partial charge in [0, 0.05) is 30.9 Å². The molecule has 2 rings (SSSR count). The number of nitrogens with zero attached hydrogens (tertiary/aromatic N) is 1. The topological polar surface area (TPSA) is 58.6 Å². The van der Waals surface area contributed by atoms with Crippen LogP contribution in [-0.4, -0.2) is 31.6 Å². The molecule has 1 N–H and O–H groups in total. The van der Waals surface area contributed by atoms with Crippen LogP contribution >= 0.6 is 0 Å². The van der Waals surface area contributed by atoms with Crippen molar-refractivity contribution in [1.82, 2.24) is 0 Å². The maximum atomic E-state index is 11.8. The van der Waals surface area contributed by atoms with Crippen LogP contribution in [0, 0.1) is 0 Å². The monoisotopic (exact) mass is 290 g/mol. The van der Waals surface area contributed by atoms with Crippen LogP contribution in [0.5, 0.6) is 0 Å². The Labute approximate surface area is 125 Å². The van der Waals surface area contributed by atoms with Crippen molar-refractivity contribution < 1.29 is 14.3 Å². The zero-order valence-electron chi connectivity index (χ0n) is 12.4. The van der Waals surface area contributed by atoms with E-state index in [4.69, 9.17) is 4.74 Å². The van der Waals surface area contributed by atoms with Gasteiger partial charge in [-0.2, -0.15) is 0 Å². The summed E-state index contributed by atoms with van der Waals surface area (Å²) >= 11 is 0. The molecular formula is C16H22N2O3. The van der Waals surface area contributed by atoms with Crippen molar-refractivity contribution in [2.45, 2.75) is 32.6 Å². The molecule has 0 spiro atoms. The Bertz CT molecular complexity index is 496. The van der Waals surface area contributed by atoms with Gasteiger partial charge in [-0.3, -0.25) is 9.59 Å². The average Bonchev–Trinajstić information content (AvgIpc) is 3.00. The lowest BCUT2D eigenvalue weighted by Crippen LogP contribution is -2.18. The Hall–Kier alpha value is -2.04. The van der Waals surface area contributed by atoms with E-state index in [1.165, 1.54) is 12.8 Å². The Balaban J connectivity index is 1.85. The quantitative estimate of drug-likeness (QED) is 0.818. The molecular weight excluding hydrogens is 268 g/mol. The fourth-order valence-electron chi connectivity index (χ4n) is 2.43. The Morgan fingerprint density at radius 2 is 2.00 bits per heavy atom. The molecule has 0 radical (unpaired) electrons. The summed E-state index contributed by atoms with van der Waals surface area (Å²) in [5.74, 6) is -0.500. The molecule has 0 unspecified atom stereocenters. The number of anilines is 2. The lowest BCUT2D eigenvalue weighted by Gasteiger charge is -2.18. The van der Waals surface area contributed by atoms with Crippen LogP contribution < -0.4 is 10.2 Å². The molecule has 0 saturated carbocycles. The van der Waals surface area contributed by atoms with Gasteiger partial charge in [0.15, 0.2) is 0 Å². The molecule has 21 heavy (non-hydrogen) atoms. The second-order valence-electron chi connectivity index (χ2n) is 5.10.